The molecule has 0 aromatic carbocycles. The van der Waals surface area contributed by atoms with Gasteiger partial charge in [0.1, 0.15) is 0 Å². The second-order valence-electron chi connectivity index (χ2n) is 4.67. The molecule has 2 heterocycles. The van der Waals surface area contributed by atoms with Gasteiger partial charge in [-0.1, -0.05) is 5.21 Å². The molecule has 8 nitrogen and oxygen atoms in total. The molecular formula is C12H20N6O2. The van der Waals surface area contributed by atoms with Crippen molar-refractivity contribution < 1.29 is 9.59 Å². The Bertz CT molecular complexity index is 482. The molecular weight excluding hydrogens is 260 g/mol. The van der Waals surface area contributed by atoms with Crippen LogP contribution in [0.15, 0.2) is 6.20 Å². The molecule has 2 amide bonds. The molecule has 1 fully saturated rings. The summed E-state index contributed by atoms with van der Waals surface area (Å²) in [7, 11) is 0. The van der Waals surface area contributed by atoms with E-state index in [2.05, 4.69) is 20.9 Å². The lowest BCUT2D eigenvalue weighted by atomic mass is 10.2. The number of carbonyl (C=O) groups is 2. The molecule has 2 rings (SSSR count). The number of hydrogen-bond donors (Lipinski definition) is 2. The van der Waals surface area contributed by atoms with Gasteiger partial charge in [-0.25, -0.2) is 4.68 Å². The number of nitrogens with zero attached hydrogens (tertiary/aromatic N) is 4. The van der Waals surface area contributed by atoms with Crippen molar-refractivity contribution in [2.24, 2.45) is 0 Å². The predicted molar refractivity (Wildman–Crippen MR) is 72.2 cm³/mol. The molecule has 0 unspecified atom stereocenters. The molecule has 20 heavy (non-hydrogen) atoms. The van der Waals surface area contributed by atoms with Crippen LogP contribution in [0.2, 0.25) is 0 Å². The van der Waals surface area contributed by atoms with Crippen LogP contribution in [-0.4, -0.2) is 64.4 Å². The average Bonchev–Trinajstić information content (AvgIpc) is 2.82. The van der Waals surface area contributed by atoms with Crippen LogP contribution in [0.5, 0.6) is 0 Å². The molecule has 0 radical (unpaired) electrons. The highest BCUT2D eigenvalue weighted by Gasteiger charge is 2.24. The molecule has 1 aliphatic heterocycles. The van der Waals surface area contributed by atoms with E-state index in [4.69, 9.17) is 0 Å². The Hall–Kier alpha value is -1.96. The summed E-state index contributed by atoms with van der Waals surface area (Å²) in [5.41, 5.74) is 0.281. The Morgan fingerprint density at radius 3 is 2.80 bits per heavy atom. The van der Waals surface area contributed by atoms with E-state index >= 15 is 0 Å². The van der Waals surface area contributed by atoms with Crippen LogP contribution in [0.25, 0.3) is 0 Å². The average molecular weight is 280 g/mol. The first-order chi connectivity index (χ1) is 9.65. The van der Waals surface area contributed by atoms with Crippen LogP contribution in [0.3, 0.4) is 0 Å². The van der Waals surface area contributed by atoms with E-state index in [0.717, 1.165) is 13.1 Å². The van der Waals surface area contributed by atoms with Crippen molar-refractivity contribution in [3.05, 3.63) is 11.9 Å². The van der Waals surface area contributed by atoms with E-state index < -0.39 is 0 Å². The summed E-state index contributed by atoms with van der Waals surface area (Å²) in [5, 5.41) is 13.7. The van der Waals surface area contributed by atoms with Crippen LogP contribution in [-0.2, 0) is 4.79 Å². The van der Waals surface area contributed by atoms with Gasteiger partial charge in [-0.2, -0.15) is 0 Å². The summed E-state index contributed by atoms with van der Waals surface area (Å²) >= 11 is 0. The topological polar surface area (TPSA) is 92.2 Å². The molecule has 1 aromatic rings. The van der Waals surface area contributed by atoms with Gasteiger partial charge >= 0.3 is 0 Å². The number of carbonyl (C=O) groups excluding carboxylic acids is 2. The lowest BCUT2D eigenvalue weighted by Gasteiger charge is -2.26. The largest absolute Gasteiger partial charge is 0.355 e. The standard InChI is InChI=1S/C12H20N6O2/c1-3-14-11(19)8-17(4-2)12(20)10-7-18(16-15-10)9-5-13-6-9/h7,9,13H,3-6,8H2,1-2H3,(H,14,19). The molecule has 0 bridgehead atoms. The minimum Gasteiger partial charge on any atom is -0.355 e. The summed E-state index contributed by atoms with van der Waals surface area (Å²) in [6, 6.07) is 0.266. The number of aromatic nitrogens is 3. The zero-order valence-corrected chi connectivity index (χ0v) is 11.8. The highest BCUT2D eigenvalue weighted by Crippen LogP contribution is 2.10. The maximum Gasteiger partial charge on any atom is 0.276 e. The maximum absolute atomic E-state index is 12.3. The molecule has 0 spiro atoms. The first-order valence-electron chi connectivity index (χ1n) is 6.84. The fourth-order valence-electron chi connectivity index (χ4n) is 1.93. The van der Waals surface area contributed by atoms with E-state index in [1.807, 2.05) is 13.8 Å². The Morgan fingerprint density at radius 2 is 2.25 bits per heavy atom. The van der Waals surface area contributed by atoms with Crippen molar-refractivity contribution in [3.8, 4) is 0 Å². The van der Waals surface area contributed by atoms with Gasteiger partial charge in [0, 0.05) is 26.2 Å². The molecule has 2 N–H and O–H groups in total. The van der Waals surface area contributed by atoms with Gasteiger partial charge in [-0.3, -0.25) is 9.59 Å². The van der Waals surface area contributed by atoms with Crippen molar-refractivity contribution >= 4 is 11.8 Å². The smallest absolute Gasteiger partial charge is 0.276 e. The quantitative estimate of drug-likeness (QED) is 0.699. The molecule has 110 valence electrons. The highest BCUT2D eigenvalue weighted by molar-refractivity contribution is 5.94. The lowest BCUT2D eigenvalue weighted by molar-refractivity contribution is -0.121. The molecule has 1 aromatic heterocycles. The normalized spacial score (nSPS) is 14.7. The van der Waals surface area contributed by atoms with Gasteiger partial charge in [0.15, 0.2) is 5.69 Å². The van der Waals surface area contributed by atoms with Gasteiger partial charge in [0.05, 0.1) is 18.8 Å². The van der Waals surface area contributed by atoms with Gasteiger partial charge in [0.25, 0.3) is 5.91 Å². The monoisotopic (exact) mass is 280 g/mol. The molecule has 0 saturated carbocycles. The third kappa shape index (κ3) is 3.13. The first kappa shape index (κ1) is 14.4. The molecule has 8 heteroatoms. The summed E-state index contributed by atoms with van der Waals surface area (Å²) in [6.07, 6.45) is 1.65. The van der Waals surface area contributed by atoms with E-state index in [-0.39, 0.29) is 30.1 Å². The zero-order valence-electron chi connectivity index (χ0n) is 11.8. The number of hydrogen-bond acceptors (Lipinski definition) is 5. The summed E-state index contributed by atoms with van der Waals surface area (Å²) in [6.45, 7) is 6.40. The fourth-order valence-corrected chi connectivity index (χ4v) is 1.93. The Labute approximate surface area is 117 Å². The van der Waals surface area contributed by atoms with Gasteiger partial charge in [-0.15, -0.1) is 5.10 Å². The summed E-state index contributed by atoms with van der Waals surface area (Å²) in [4.78, 5) is 25.3. The lowest BCUT2D eigenvalue weighted by Crippen LogP contribution is -2.43. The zero-order chi connectivity index (χ0) is 14.5. The van der Waals surface area contributed by atoms with E-state index in [0.29, 0.717) is 13.1 Å². The van der Waals surface area contributed by atoms with Crippen LogP contribution in [0.4, 0.5) is 0 Å². The van der Waals surface area contributed by atoms with Crippen LogP contribution < -0.4 is 10.6 Å². The van der Waals surface area contributed by atoms with Crippen molar-refractivity contribution in [3.63, 3.8) is 0 Å². The maximum atomic E-state index is 12.3. The number of amides is 2. The van der Waals surface area contributed by atoms with Crippen LogP contribution in [0, 0.1) is 0 Å². The van der Waals surface area contributed by atoms with Gasteiger partial charge in [-0.05, 0) is 13.8 Å². The van der Waals surface area contributed by atoms with Crippen LogP contribution >= 0.6 is 0 Å². The summed E-state index contributed by atoms with van der Waals surface area (Å²) in [5.74, 6) is -0.435. The second-order valence-corrected chi connectivity index (χ2v) is 4.67. The Kier molecular flexibility index (Phi) is 4.67. The van der Waals surface area contributed by atoms with Crippen molar-refractivity contribution in [2.45, 2.75) is 19.9 Å². The minimum atomic E-state index is -0.266. The van der Waals surface area contributed by atoms with Gasteiger partial charge in [0.2, 0.25) is 5.91 Å². The third-order valence-corrected chi connectivity index (χ3v) is 3.24. The van der Waals surface area contributed by atoms with Crippen LogP contribution in [0.1, 0.15) is 30.4 Å². The number of likely N-dealkylation sites (N-methyl/N-ethyl adjacent to an activating group) is 2. The van der Waals surface area contributed by atoms with E-state index in [1.54, 1.807) is 10.9 Å². The Balaban J connectivity index is 2.00. The van der Waals surface area contributed by atoms with E-state index in [9.17, 15) is 9.59 Å². The van der Waals surface area contributed by atoms with Crippen molar-refractivity contribution in [2.75, 3.05) is 32.7 Å². The Morgan fingerprint density at radius 1 is 1.50 bits per heavy atom. The van der Waals surface area contributed by atoms with Crippen molar-refractivity contribution in [1.82, 2.24) is 30.5 Å². The van der Waals surface area contributed by atoms with Crippen molar-refractivity contribution in [1.29, 1.82) is 0 Å². The predicted octanol–water partition coefficient (Wildman–Crippen LogP) is -0.979. The van der Waals surface area contributed by atoms with E-state index in [1.165, 1.54) is 4.90 Å². The van der Waals surface area contributed by atoms with Gasteiger partial charge < -0.3 is 15.5 Å². The number of nitrogens with one attached hydrogen (secondary N) is 2. The molecule has 0 aliphatic carbocycles. The molecule has 1 saturated heterocycles. The molecule has 0 atom stereocenters. The highest BCUT2D eigenvalue weighted by atomic mass is 16.2. The first-order valence-corrected chi connectivity index (χ1v) is 6.84. The summed E-state index contributed by atoms with van der Waals surface area (Å²) < 4.78 is 1.70. The molecule has 1 aliphatic rings. The minimum absolute atomic E-state index is 0.0427. The fraction of sp³-hybridized carbons (Fsp3) is 0.667. The SMILES string of the molecule is CCNC(=O)CN(CC)C(=O)c1cn(C2CNC2)nn1. The number of rotatable bonds is 6. The second kappa shape index (κ2) is 6.47. The third-order valence-electron chi connectivity index (χ3n) is 3.24.